The summed E-state index contributed by atoms with van der Waals surface area (Å²) in [7, 11) is 0. The minimum Gasteiger partial charge on any atom is -0.452 e. The average molecular weight is 382 g/mol. The Bertz CT molecular complexity index is 932. The third-order valence-corrected chi connectivity index (χ3v) is 5.46. The topological polar surface area (TPSA) is 68.3 Å². The lowest BCUT2D eigenvalue weighted by molar-refractivity contribution is -0.125. The number of amides is 1. The Labute approximate surface area is 162 Å². The van der Waals surface area contributed by atoms with E-state index in [-0.39, 0.29) is 18.6 Å². The van der Waals surface area contributed by atoms with Crippen LogP contribution in [0.15, 0.2) is 48.5 Å². The molecule has 0 fully saturated rings. The number of para-hydroxylation sites is 1. The van der Waals surface area contributed by atoms with Crippen molar-refractivity contribution in [2.45, 2.75) is 26.8 Å². The number of nitrogens with zero attached hydrogens (tertiary/aromatic N) is 1. The van der Waals surface area contributed by atoms with E-state index in [1.165, 1.54) is 11.3 Å². The normalized spacial score (nSPS) is 12.1. The zero-order valence-electron chi connectivity index (χ0n) is 15.6. The first-order valence-corrected chi connectivity index (χ1v) is 9.69. The van der Waals surface area contributed by atoms with Crippen molar-refractivity contribution in [2.75, 3.05) is 6.61 Å². The first-order valence-electron chi connectivity index (χ1n) is 8.87. The number of thiazole rings is 1. The summed E-state index contributed by atoms with van der Waals surface area (Å²) < 4.78 is 6.29. The van der Waals surface area contributed by atoms with Gasteiger partial charge in [0.15, 0.2) is 6.61 Å². The first kappa shape index (κ1) is 19.0. The maximum Gasteiger partial charge on any atom is 0.339 e. The van der Waals surface area contributed by atoms with Crippen LogP contribution in [0.2, 0.25) is 0 Å². The summed E-state index contributed by atoms with van der Waals surface area (Å²) in [6.07, 6.45) is 0. The van der Waals surface area contributed by atoms with Crippen molar-refractivity contribution < 1.29 is 14.3 Å². The standard InChI is InChI=1S/C21H22N2O3S/c1-13(2)14(3)22-19(24)12-26-21(25)16-9-5-4-8-15(16)20-23-17-10-6-7-11-18(17)27-20/h4-11,13-14H,12H2,1-3H3,(H,22,24). The fourth-order valence-corrected chi connectivity index (χ4v) is 3.51. The van der Waals surface area contributed by atoms with Gasteiger partial charge in [-0.1, -0.05) is 44.2 Å². The lowest BCUT2D eigenvalue weighted by atomic mass is 10.1. The molecule has 0 saturated heterocycles. The lowest BCUT2D eigenvalue weighted by Gasteiger charge is -2.17. The van der Waals surface area contributed by atoms with E-state index in [2.05, 4.69) is 10.3 Å². The van der Waals surface area contributed by atoms with Crippen molar-refractivity contribution in [1.82, 2.24) is 10.3 Å². The van der Waals surface area contributed by atoms with Gasteiger partial charge in [-0.3, -0.25) is 4.79 Å². The van der Waals surface area contributed by atoms with E-state index in [1.54, 1.807) is 12.1 Å². The molecule has 27 heavy (non-hydrogen) atoms. The number of ether oxygens (including phenoxy) is 1. The molecule has 1 heterocycles. The summed E-state index contributed by atoms with van der Waals surface area (Å²) in [6, 6.07) is 15.0. The third-order valence-electron chi connectivity index (χ3n) is 4.39. The van der Waals surface area contributed by atoms with Crippen LogP contribution in [-0.4, -0.2) is 29.5 Å². The SMILES string of the molecule is CC(C)C(C)NC(=O)COC(=O)c1ccccc1-c1nc2ccccc2s1. The molecule has 0 aliphatic carbocycles. The van der Waals surface area contributed by atoms with Crippen LogP contribution in [0.4, 0.5) is 0 Å². The molecule has 2 aromatic carbocycles. The highest BCUT2D eigenvalue weighted by atomic mass is 32.1. The molecule has 0 saturated carbocycles. The summed E-state index contributed by atoms with van der Waals surface area (Å²) >= 11 is 1.52. The van der Waals surface area contributed by atoms with Crippen LogP contribution in [0.1, 0.15) is 31.1 Å². The van der Waals surface area contributed by atoms with Gasteiger partial charge in [-0.25, -0.2) is 9.78 Å². The molecule has 1 aromatic heterocycles. The summed E-state index contributed by atoms with van der Waals surface area (Å²) in [5.74, 6) is -0.524. The van der Waals surface area contributed by atoms with Crippen molar-refractivity contribution in [3.05, 3.63) is 54.1 Å². The van der Waals surface area contributed by atoms with Gasteiger partial charge in [-0.2, -0.15) is 0 Å². The Hall–Kier alpha value is -2.73. The van der Waals surface area contributed by atoms with E-state index >= 15 is 0 Å². The van der Waals surface area contributed by atoms with Gasteiger partial charge in [0.05, 0.1) is 15.8 Å². The third kappa shape index (κ3) is 4.52. The van der Waals surface area contributed by atoms with E-state index in [0.717, 1.165) is 15.2 Å². The Balaban J connectivity index is 1.75. The quantitative estimate of drug-likeness (QED) is 0.646. The number of carbonyl (C=O) groups excluding carboxylic acids is 2. The van der Waals surface area contributed by atoms with Crippen LogP contribution in [0.5, 0.6) is 0 Å². The van der Waals surface area contributed by atoms with Crippen LogP contribution in [-0.2, 0) is 9.53 Å². The molecule has 0 aliphatic heterocycles. The molecule has 1 unspecified atom stereocenters. The minimum absolute atomic E-state index is 0.0197. The monoisotopic (exact) mass is 382 g/mol. The van der Waals surface area contributed by atoms with Crippen LogP contribution >= 0.6 is 11.3 Å². The second-order valence-electron chi connectivity index (χ2n) is 6.71. The fourth-order valence-electron chi connectivity index (χ4n) is 2.51. The molecule has 3 aromatic rings. The van der Waals surface area contributed by atoms with Crippen LogP contribution in [0.25, 0.3) is 20.8 Å². The Kier molecular flexibility index (Phi) is 5.86. The number of rotatable bonds is 6. The van der Waals surface area contributed by atoms with Crippen molar-refractivity contribution >= 4 is 33.4 Å². The van der Waals surface area contributed by atoms with Gasteiger partial charge in [0, 0.05) is 11.6 Å². The molecule has 1 amide bonds. The second kappa shape index (κ2) is 8.31. The number of esters is 1. The van der Waals surface area contributed by atoms with Gasteiger partial charge < -0.3 is 10.1 Å². The minimum atomic E-state index is -0.530. The Morgan fingerprint density at radius 1 is 1.07 bits per heavy atom. The molecule has 1 N–H and O–H groups in total. The maximum atomic E-state index is 12.6. The number of benzene rings is 2. The average Bonchev–Trinajstić information content (AvgIpc) is 3.10. The van der Waals surface area contributed by atoms with Gasteiger partial charge in [0.2, 0.25) is 0 Å². The van der Waals surface area contributed by atoms with Crippen molar-refractivity contribution in [3.8, 4) is 10.6 Å². The molecule has 0 spiro atoms. The highest BCUT2D eigenvalue weighted by Crippen LogP contribution is 2.32. The Morgan fingerprint density at radius 3 is 2.52 bits per heavy atom. The molecule has 0 bridgehead atoms. The summed E-state index contributed by atoms with van der Waals surface area (Å²) in [6.45, 7) is 5.66. The molecule has 0 aliphatic rings. The number of hydrogen-bond acceptors (Lipinski definition) is 5. The van der Waals surface area contributed by atoms with E-state index in [4.69, 9.17) is 4.74 Å². The van der Waals surface area contributed by atoms with E-state index < -0.39 is 5.97 Å². The number of aromatic nitrogens is 1. The van der Waals surface area contributed by atoms with Crippen molar-refractivity contribution in [3.63, 3.8) is 0 Å². The van der Waals surface area contributed by atoms with Gasteiger partial charge in [-0.15, -0.1) is 11.3 Å². The number of hydrogen-bond donors (Lipinski definition) is 1. The Morgan fingerprint density at radius 2 is 1.78 bits per heavy atom. The van der Waals surface area contributed by atoms with Crippen LogP contribution < -0.4 is 5.32 Å². The van der Waals surface area contributed by atoms with E-state index in [0.29, 0.717) is 17.0 Å². The fraction of sp³-hybridized carbons (Fsp3) is 0.286. The molecule has 3 rings (SSSR count). The lowest BCUT2D eigenvalue weighted by Crippen LogP contribution is -2.38. The number of nitrogens with one attached hydrogen (secondary N) is 1. The van der Waals surface area contributed by atoms with Crippen LogP contribution in [0, 0.1) is 5.92 Å². The molecule has 5 nitrogen and oxygen atoms in total. The summed E-state index contributed by atoms with van der Waals surface area (Å²) in [4.78, 5) is 29.1. The summed E-state index contributed by atoms with van der Waals surface area (Å²) in [5, 5.41) is 3.58. The van der Waals surface area contributed by atoms with Crippen molar-refractivity contribution in [2.24, 2.45) is 5.92 Å². The summed E-state index contributed by atoms with van der Waals surface area (Å²) in [5.41, 5.74) is 2.00. The predicted molar refractivity (Wildman–Crippen MR) is 108 cm³/mol. The van der Waals surface area contributed by atoms with Crippen molar-refractivity contribution in [1.29, 1.82) is 0 Å². The smallest absolute Gasteiger partial charge is 0.339 e. The molecule has 1 atom stereocenters. The maximum absolute atomic E-state index is 12.6. The van der Waals surface area contributed by atoms with E-state index in [9.17, 15) is 9.59 Å². The van der Waals surface area contributed by atoms with E-state index in [1.807, 2.05) is 57.2 Å². The molecule has 0 radical (unpaired) electrons. The van der Waals surface area contributed by atoms with Gasteiger partial charge in [0.25, 0.3) is 5.91 Å². The van der Waals surface area contributed by atoms with Gasteiger partial charge >= 0.3 is 5.97 Å². The molecular formula is C21H22N2O3S. The highest BCUT2D eigenvalue weighted by molar-refractivity contribution is 7.21. The first-order chi connectivity index (χ1) is 13.0. The molecule has 6 heteroatoms. The molecular weight excluding hydrogens is 360 g/mol. The van der Waals surface area contributed by atoms with Gasteiger partial charge in [0.1, 0.15) is 5.01 Å². The predicted octanol–water partition coefficient (Wildman–Crippen LogP) is 4.28. The number of fused-ring (bicyclic) bond motifs is 1. The molecule has 140 valence electrons. The highest BCUT2D eigenvalue weighted by Gasteiger charge is 2.18. The second-order valence-corrected chi connectivity index (χ2v) is 7.74. The largest absolute Gasteiger partial charge is 0.452 e. The van der Waals surface area contributed by atoms with Crippen LogP contribution in [0.3, 0.4) is 0 Å². The number of carbonyl (C=O) groups is 2. The zero-order valence-corrected chi connectivity index (χ0v) is 16.4. The zero-order chi connectivity index (χ0) is 19.4. The van der Waals surface area contributed by atoms with Gasteiger partial charge in [-0.05, 0) is 31.0 Å².